The zero-order valence-electron chi connectivity index (χ0n) is 12.3. The molecule has 0 aliphatic heterocycles. The Hall–Kier alpha value is -1.81. The van der Waals surface area contributed by atoms with Crippen LogP contribution in [0.5, 0.6) is 11.5 Å². The van der Waals surface area contributed by atoms with E-state index in [-0.39, 0.29) is 0 Å². The van der Waals surface area contributed by atoms with Crippen molar-refractivity contribution >= 4 is 0 Å². The second-order valence-corrected chi connectivity index (χ2v) is 5.49. The number of hydrogen-bond donors (Lipinski definition) is 1. The summed E-state index contributed by atoms with van der Waals surface area (Å²) in [6, 6.07) is 8.91. The van der Waals surface area contributed by atoms with Crippen molar-refractivity contribution in [1.82, 2.24) is 15.1 Å². The van der Waals surface area contributed by atoms with E-state index in [2.05, 4.69) is 22.5 Å². The molecule has 1 aliphatic rings. The predicted molar refractivity (Wildman–Crippen MR) is 79.1 cm³/mol. The number of benzene rings is 1. The minimum Gasteiger partial charge on any atom is -0.453 e. The average Bonchev–Trinajstić information content (AvgIpc) is 3.23. The molecule has 0 atom stereocenters. The van der Waals surface area contributed by atoms with Crippen molar-refractivity contribution in [1.29, 1.82) is 0 Å². The summed E-state index contributed by atoms with van der Waals surface area (Å²) in [6.45, 7) is 4.87. The lowest BCUT2D eigenvalue weighted by Gasteiger charge is -2.12. The molecule has 3 rings (SSSR count). The number of nitrogens with one attached hydrogen (secondary N) is 1. The topological polar surface area (TPSA) is 39.1 Å². The van der Waals surface area contributed by atoms with Crippen LogP contribution in [0.15, 0.2) is 24.3 Å². The molecule has 1 aliphatic carbocycles. The molecule has 1 aromatic heterocycles. The van der Waals surface area contributed by atoms with Crippen molar-refractivity contribution in [2.45, 2.75) is 39.3 Å². The molecule has 1 N–H and O–H groups in total. The van der Waals surface area contributed by atoms with Gasteiger partial charge in [0.25, 0.3) is 0 Å². The average molecular weight is 271 g/mol. The van der Waals surface area contributed by atoms with Crippen LogP contribution < -0.4 is 10.1 Å². The monoisotopic (exact) mass is 271 g/mol. The lowest BCUT2D eigenvalue weighted by atomic mass is 10.2. The standard InChI is InChI=1S/C16H21N3O/c1-11-16(12(2)19(3)18-11)20-15-7-5-4-6-13(15)10-17-14-8-9-14/h4-7,14,17H,8-10H2,1-3H3. The molecule has 2 aromatic rings. The Bertz CT molecular complexity index is 614. The van der Waals surface area contributed by atoms with Crippen molar-refractivity contribution in [2.24, 2.45) is 7.05 Å². The highest BCUT2D eigenvalue weighted by atomic mass is 16.5. The van der Waals surface area contributed by atoms with Gasteiger partial charge in [-0.15, -0.1) is 0 Å². The van der Waals surface area contributed by atoms with E-state index in [1.54, 1.807) is 0 Å². The Morgan fingerprint density at radius 2 is 2.05 bits per heavy atom. The Labute approximate surface area is 119 Å². The van der Waals surface area contributed by atoms with Gasteiger partial charge in [-0.3, -0.25) is 4.68 Å². The fourth-order valence-corrected chi connectivity index (χ4v) is 2.30. The highest BCUT2D eigenvalue weighted by molar-refractivity contribution is 5.41. The molecular weight excluding hydrogens is 250 g/mol. The quantitative estimate of drug-likeness (QED) is 0.908. The molecule has 4 nitrogen and oxygen atoms in total. The van der Waals surface area contributed by atoms with Gasteiger partial charge in [-0.1, -0.05) is 18.2 Å². The molecule has 1 saturated carbocycles. The third kappa shape index (κ3) is 2.70. The molecule has 1 fully saturated rings. The molecule has 1 heterocycles. The summed E-state index contributed by atoms with van der Waals surface area (Å²) in [4.78, 5) is 0. The first-order valence-electron chi connectivity index (χ1n) is 7.14. The van der Waals surface area contributed by atoms with Crippen LogP contribution in [0.4, 0.5) is 0 Å². The minimum absolute atomic E-state index is 0.699. The number of rotatable bonds is 5. The van der Waals surface area contributed by atoms with Crippen LogP contribution >= 0.6 is 0 Å². The molecule has 0 bridgehead atoms. The van der Waals surface area contributed by atoms with Gasteiger partial charge in [0.2, 0.25) is 0 Å². The van der Waals surface area contributed by atoms with Crippen molar-refractivity contribution in [3.8, 4) is 11.5 Å². The summed E-state index contributed by atoms with van der Waals surface area (Å²) < 4.78 is 7.98. The zero-order valence-corrected chi connectivity index (χ0v) is 12.3. The van der Waals surface area contributed by atoms with Crippen molar-refractivity contribution in [3.63, 3.8) is 0 Å². The Kier molecular flexibility index (Phi) is 3.49. The second-order valence-electron chi connectivity index (χ2n) is 5.49. The summed E-state index contributed by atoms with van der Waals surface area (Å²) in [5.41, 5.74) is 3.17. The highest BCUT2D eigenvalue weighted by Gasteiger charge is 2.21. The van der Waals surface area contributed by atoms with Crippen LogP contribution in [-0.4, -0.2) is 15.8 Å². The SMILES string of the molecule is Cc1nn(C)c(C)c1Oc1ccccc1CNC1CC1. The molecule has 0 amide bonds. The first-order valence-corrected chi connectivity index (χ1v) is 7.14. The number of ether oxygens (including phenoxy) is 1. The van der Waals surface area contributed by atoms with Crippen LogP contribution in [0.3, 0.4) is 0 Å². The van der Waals surface area contributed by atoms with Crippen LogP contribution in [0, 0.1) is 13.8 Å². The third-order valence-corrected chi connectivity index (χ3v) is 3.79. The molecule has 0 spiro atoms. The van der Waals surface area contributed by atoms with Gasteiger partial charge >= 0.3 is 0 Å². The normalized spacial score (nSPS) is 14.6. The molecule has 0 saturated heterocycles. The zero-order chi connectivity index (χ0) is 14.1. The van der Waals surface area contributed by atoms with Gasteiger partial charge in [0.15, 0.2) is 5.75 Å². The van der Waals surface area contributed by atoms with E-state index >= 15 is 0 Å². The number of aromatic nitrogens is 2. The smallest absolute Gasteiger partial charge is 0.171 e. The third-order valence-electron chi connectivity index (χ3n) is 3.79. The van der Waals surface area contributed by atoms with Gasteiger partial charge < -0.3 is 10.1 Å². The highest BCUT2D eigenvalue weighted by Crippen LogP contribution is 2.30. The van der Waals surface area contributed by atoms with Gasteiger partial charge in [0.1, 0.15) is 11.4 Å². The molecule has 1 aromatic carbocycles. The number of aryl methyl sites for hydroxylation is 2. The van der Waals surface area contributed by atoms with E-state index in [1.807, 2.05) is 37.7 Å². The summed E-state index contributed by atoms with van der Waals surface area (Å²) in [7, 11) is 1.94. The Morgan fingerprint density at radius 3 is 2.70 bits per heavy atom. The van der Waals surface area contributed by atoms with Crippen molar-refractivity contribution < 1.29 is 4.74 Å². The Balaban J connectivity index is 1.82. The van der Waals surface area contributed by atoms with E-state index < -0.39 is 0 Å². The van der Waals surface area contributed by atoms with E-state index in [1.165, 1.54) is 18.4 Å². The van der Waals surface area contributed by atoms with Crippen LogP contribution in [0.25, 0.3) is 0 Å². The van der Waals surface area contributed by atoms with E-state index in [4.69, 9.17) is 4.74 Å². The van der Waals surface area contributed by atoms with E-state index in [0.717, 1.165) is 29.4 Å². The summed E-state index contributed by atoms with van der Waals surface area (Å²) >= 11 is 0. The van der Waals surface area contributed by atoms with Crippen molar-refractivity contribution in [3.05, 3.63) is 41.2 Å². The lowest BCUT2D eigenvalue weighted by molar-refractivity contribution is 0.464. The van der Waals surface area contributed by atoms with Crippen LogP contribution in [0.2, 0.25) is 0 Å². The van der Waals surface area contributed by atoms with Gasteiger partial charge in [-0.05, 0) is 32.8 Å². The first kappa shape index (κ1) is 13.2. The maximum atomic E-state index is 6.12. The number of hydrogen-bond acceptors (Lipinski definition) is 3. The molecular formula is C16H21N3O. The minimum atomic E-state index is 0.699. The van der Waals surface area contributed by atoms with Gasteiger partial charge in [0, 0.05) is 25.2 Å². The molecule has 4 heteroatoms. The Morgan fingerprint density at radius 1 is 1.30 bits per heavy atom. The summed E-state index contributed by atoms with van der Waals surface area (Å²) in [5.74, 6) is 1.78. The molecule has 20 heavy (non-hydrogen) atoms. The summed E-state index contributed by atoms with van der Waals surface area (Å²) in [6.07, 6.45) is 2.59. The maximum absolute atomic E-state index is 6.12. The fraction of sp³-hybridized carbons (Fsp3) is 0.438. The van der Waals surface area contributed by atoms with Gasteiger partial charge in [0.05, 0.1) is 5.69 Å². The lowest BCUT2D eigenvalue weighted by Crippen LogP contribution is -2.15. The fourth-order valence-electron chi connectivity index (χ4n) is 2.30. The van der Waals surface area contributed by atoms with Crippen molar-refractivity contribution in [2.75, 3.05) is 0 Å². The molecule has 0 unspecified atom stereocenters. The predicted octanol–water partition coefficient (Wildman–Crippen LogP) is 3.08. The molecule has 106 valence electrons. The maximum Gasteiger partial charge on any atom is 0.171 e. The number of nitrogens with zero attached hydrogens (tertiary/aromatic N) is 2. The summed E-state index contributed by atoms with van der Waals surface area (Å²) in [5, 5.41) is 7.93. The second kappa shape index (κ2) is 5.29. The first-order chi connectivity index (χ1) is 9.65. The number of para-hydroxylation sites is 1. The van der Waals surface area contributed by atoms with Gasteiger partial charge in [-0.25, -0.2) is 0 Å². The molecule has 0 radical (unpaired) electrons. The van der Waals surface area contributed by atoms with Gasteiger partial charge in [-0.2, -0.15) is 5.10 Å². The van der Waals surface area contributed by atoms with Crippen LogP contribution in [0.1, 0.15) is 29.8 Å². The largest absolute Gasteiger partial charge is 0.453 e. The van der Waals surface area contributed by atoms with E-state index in [9.17, 15) is 0 Å². The van der Waals surface area contributed by atoms with E-state index in [0.29, 0.717) is 6.04 Å². The van der Waals surface area contributed by atoms with Crippen LogP contribution in [-0.2, 0) is 13.6 Å².